The SMILES string of the molecule is Fc1ccccc1-c1nccnc1[C@H]1CCCNC1. The molecular weight excluding hydrogens is 241 g/mol. The molecule has 1 aliphatic heterocycles. The Bertz CT molecular complexity index is 565. The van der Waals surface area contributed by atoms with E-state index in [1.165, 1.54) is 6.07 Å². The Labute approximate surface area is 111 Å². The van der Waals surface area contributed by atoms with Gasteiger partial charge in [0.15, 0.2) is 0 Å². The summed E-state index contributed by atoms with van der Waals surface area (Å²) in [4.78, 5) is 8.81. The van der Waals surface area contributed by atoms with Gasteiger partial charge < -0.3 is 5.32 Å². The normalized spacial score (nSPS) is 19.3. The van der Waals surface area contributed by atoms with Gasteiger partial charge in [-0.25, -0.2) is 4.39 Å². The molecule has 0 spiro atoms. The van der Waals surface area contributed by atoms with E-state index in [1.807, 2.05) is 6.07 Å². The molecule has 19 heavy (non-hydrogen) atoms. The van der Waals surface area contributed by atoms with Crippen molar-refractivity contribution in [2.45, 2.75) is 18.8 Å². The first kappa shape index (κ1) is 12.2. The van der Waals surface area contributed by atoms with Gasteiger partial charge >= 0.3 is 0 Å². The summed E-state index contributed by atoms with van der Waals surface area (Å²) in [5.74, 6) is 0.0741. The largest absolute Gasteiger partial charge is 0.316 e. The van der Waals surface area contributed by atoms with E-state index in [2.05, 4.69) is 15.3 Å². The number of hydrogen-bond acceptors (Lipinski definition) is 3. The van der Waals surface area contributed by atoms with E-state index >= 15 is 0 Å². The van der Waals surface area contributed by atoms with E-state index in [1.54, 1.807) is 24.5 Å². The quantitative estimate of drug-likeness (QED) is 0.899. The number of halogens is 1. The predicted molar refractivity (Wildman–Crippen MR) is 72.3 cm³/mol. The van der Waals surface area contributed by atoms with Crippen LogP contribution in [0, 0.1) is 5.82 Å². The highest BCUT2D eigenvalue weighted by Crippen LogP contribution is 2.30. The molecule has 0 aliphatic carbocycles. The number of nitrogens with one attached hydrogen (secondary N) is 1. The highest BCUT2D eigenvalue weighted by molar-refractivity contribution is 5.62. The fourth-order valence-corrected chi connectivity index (χ4v) is 2.59. The molecule has 98 valence electrons. The maximum atomic E-state index is 13.9. The van der Waals surface area contributed by atoms with E-state index in [9.17, 15) is 4.39 Å². The van der Waals surface area contributed by atoms with Crippen LogP contribution in [-0.4, -0.2) is 23.1 Å². The summed E-state index contributed by atoms with van der Waals surface area (Å²) >= 11 is 0. The van der Waals surface area contributed by atoms with Crippen LogP contribution in [-0.2, 0) is 0 Å². The second kappa shape index (κ2) is 5.45. The van der Waals surface area contributed by atoms with Crippen LogP contribution >= 0.6 is 0 Å². The van der Waals surface area contributed by atoms with Gasteiger partial charge in [-0.15, -0.1) is 0 Å². The molecule has 2 aromatic rings. The molecule has 0 unspecified atom stereocenters. The zero-order valence-electron chi connectivity index (χ0n) is 10.6. The highest BCUT2D eigenvalue weighted by atomic mass is 19.1. The third kappa shape index (κ3) is 2.49. The molecule has 3 nitrogen and oxygen atoms in total. The number of rotatable bonds is 2. The lowest BCUT2D eigenvalue weighted by Gasteiger charge is -2.23. The monoisotopic (exact) mass is 257 g/mol. The first-order valence-corrected chi connectivity index (χ1v) is 6.63. The summed E-state index contributed by atoms with van der Waals surface area (Å²) in [6.07, 6.45) is 5.51. The molecule has 1 atom stereocenters. The smallest absolute Gasteiger partial charge is 0.132 e. The number of piperidine rings is 1. The van der Waals surface area contributed by atoms with Gasteiger partial charge in [0.25, 0.3) is 0 Å². The van der Waals surface area contributed by atoms with Gasteiger partial charge in [0.2, 0.25) is 0 Å². The van der Waals surface area contributed by atoms with Crippen molar-refractivity contribution < 1.29 is 4.39 Å². The van der Waals surface area contributed by atoms with Crippen LogP contribution < -0.4 is 5.32 Å². The van der Waals surface area contributed by atoms with Crippen LogP contribution in [0.5, 0.6) is 0 Å². The summed E-state index contributed by atoms with van der Waals surface area (Å²) in [6, 6.07) is 6.75. The summed E-state index contributed by atoms with van der Waals surface area (Å²) < 4.78 is 13.9. The number of nitrogens with zero attached hydrogens (tertiary/aromatic N) is 2. The van der Waals surface area contributed by atoms with Crippen molar-refractivity contribution in [3.8, 4) is 11.3 Å². The van der Waals surface area contributed by atoms with E-state index < -0.39 is 0 Å². The number of hydrogen-bond donors (Lipinski definition) is 1. The Morgan fingerprint density at radius 1 is 1.16 bits per heavy atom. The van der Waals surface area contributed by atoms with Crippen molar-refractivity contribution in [3.05, 3.63) is 48.2 Å². The Morgan fingerprint density at radius 2 is 2.00 bits per heavy atom. The minimum atomic E-state index is -0.243. The minimum absolute atomic E-state index is 0.243. The Hall–Kier alpha value is -1.81. The van der Waals surface area contributed by atoms with Gasteiger partial charge in [0.05, 0.1) is 11.4 Å². The maximum Gasteiger partial charge on any atom is 0.132 e. The van der Waals surface area contributed by atoms with Crippen molar-refractivity contribution >= 4 is 0 Å². The van der Waals surface area contributed by atoms with Gasteiger partial charge in [-0.05, 0) is 31.5 Å². The van der Waals surface area contributed by atoms with Crippen LogP contribution in [0.15, 0.2) is 36.7 Å². The van der Waals surface area contributed by atoms with Crippen molar-refractivity contribution in [1.82, 2.24) is 15.3 Å². The van der Waals surface area contributed by atoms with Crippen molar-refractivity contribution in [2.75, 3.05) is 13.1 Å². The molecule has 0 saturated carbocycles. The van der Waals surface area contributed by atoms with Crippen LogP contribution in [0.1, 0.15) is 24.5 Å². The lowest BCUT2D eigenvalue weighted by atomic mass is 9.92. The summed E-state index contributed by atoms with van der Waals surface area (Å²) in [7, 11) is 0. The summed E-state index contributed by atoms with van der Waals surface area (Å²) in [6.45, 7) is 1.94. The Morgan fingerprint density at radius 3 is 2.79 bits per heavy atom. The van der Waals surface area contributed by atoms with E-state index in [-0.39, 0.29) is 5.82 Å². The predicted octanol–water partition coefficient (Wildman–Crippen LogP) is 2.75. The Kier molecular flexibility index (Phi) is 3.51. The fraction of sp³-hybridized carbons (Fsp3) is 0.333. The molecule has 2 heterocycles. The topological polar surface area (TPSA) is 37.8 Å². The van der Waals surface area contributed by atoms with Gasteiger partial charge in [-0.3, -0.25) is 9.97 Å². The van der Waals surface area contributed by atoms with E-state index in [4.69, 9.17) is 0 Å². The van der Waals surface area contributed by atoms with E-state index in [0.717, 1.165) is 31.6 Å². The average molecular weight is 257 g/mol. The number of benzene rings is 1. The van der Waals surface area contributed by atoms with Crippen molar-refractivity contribution in [1.29, 1.82) is 0 Å². The molecule has 1 aromatic carbocycles. The molecule has 0 amide bonds. The molecule has 0 radical (unpaired) electrons. The fourth-order valence-electron chi connectivity index (χ4n) is 2.59. The lowest BCUT2D eigenvalue weighted by molar-refractivity contribution is 0.454. The molecule has 0 bridgehead atoms. The third-order valence-electron chi connectivity index (χ3n) is 3.54. The van der Waals surface area contributed by atoms with Crippen molar-refractivity contribution in [3.63, 3.8) is 0 Å². The van der Waals surface area contributed by atoms with Crippen molar-refractivity contribution in [2.24, 2.45) is 0 Å². The second-order valence-electron chi connectivity index (χ2n) is 4.81. The van der Waals surface area contributed by atoms with Crippen LogP contribution in [0.3, 0.4) is 0 Å². The highest BCUT2D eigenvalue weighted by Gasteiger charge is 2.22. The third-order valence-corrected chi connectivity index (χ3v) is 3.54. The molecule has 4 heteroatoms. The van der Waals surface area contributed by atoms with Crippen LogP contribution in [0.4, 0.5) is 4.39 Å². The summed E-state index contributed by atoms with van der Waals surface area (Å²) in [5.41, 5.74) is 2.12. The molecule has 3 rings (SSSR count). The molecular formula is C15H16FN3. The van der Waals surface area contributed by atoms with E-state index in [0.29, 0.717) is 17.2 Å². The number of aromatic nitrogens is 2. The van der Waals surface area contributed by atoms with Gasteiger partial charge in [-0.2, -0.15) is 0 Å². The maximum absolute atomic E-state index is 13.9. The lowest BCUT2D eigenvalue weighted by Crippen LogP contribution is -2.29. The zero-order chi connectivity index (χ0) is 13.1. The molecule has 1 aliphatic rings. The first-order valence-electron chi connectivity index (χ1n) is 6.63. The molecule has 1 N–H and O–H groups in total. The summed E-state index contributed by atoms with van der Waals surface area (Å²) in [5, 5.41) is 3.37. The van der Waals surface area contributed by atoms with Crippen LogP contribution in [0.2, 0.25) is 0 Å². The zero-order valence-corrected chi connectivity index (χ0v) is 10.6. The average Bonchev–Trinajstić information content (AvgIpc) is 2.49. The van der Waals surface area contributed by atoms with Crippen LogP contribution in [0.25, 0.3) is 11.3 Å². The standard InChI is InChI=1S/C15H16FN3/c16-13-6-2-1-5-12(13)15-14(18-8-9-19-15)11-4-3-7-17-10-11/h1-2,5-6,8-9,11,17H,3-4,7,10H2/t11-/m0/s1. The minimum Gasteiger partial charge on any atom is -0.316 e. The van der Waals surface area contributed by atoms with Gasteiger partial charge in [0, 0.05) is 30.4 Å². The second-order valence-corrected chi connectivity index (χ2v) is 4.81. The molecule has 1 saturated heterocycles. The van der Waals surface area contributed by atoms with Gasteiger partial charge in [0.1, 0.15) is 5.82 Å². The molecule has 1 fully saturated rings. The van der Waals surface area contributed by atoms with Gasteiger partial charge in [-0.1, -0.05) is 12.1 Å². The molecule has 1 aromatic heterocycles. The first-order chi connectivity index (χ1) is 9.36. The Balaban J connectivity index is 2.04.